The Balaban J connectivity index is 1.62. The van der Waals surface area contributed by atoms with Crippen LogP contribution in [0.4, 0.5) is 0 Å². The highest BCUT2D eigenvalue weighted by atomic mass is 16.5. The maximum atomic E-state index is 11.0. The number of nitrogens with one attached hydrogen (secondary N) is 2. The lowest BCUT2D eigenvalue weighted by Crippen LogP contribution is -2.42. The highest BCUT2D eigenvalue weighted by Crippen LogP contribution is 2.20. The molecular formula is C12H22N2O2. The van der Waals surface area contributed by atoms with Gasteiger partial charge in [-0.1, -0.05) is 0 Å². The van der Waals surface area contributed by atoms with Crippen molar-refractivity contribution in [2.75, 3.05) is 13.7 Å². The van der Waals surface area contributed by atoms with E-state index in [4.69, 9.17) is 4.74 Å². The Labute approximate surface area is 97.1 Å². The summed E-state index contributed by atoms with van der Waals surface area (Å²) in [5, 5.41) is 6.55. The molecule has 2 aliphatic rings. The Morgan fingerprint density at radius 1 is 1.31 bits per heavy atom. The molecule has 1 atom stereocenters. The second kappa shape index (κ2) is 5.64. The van der Waals surface area contributed by atoms with E-state index in [1.54, 1.807) is 7.11 Å². The maximum absolute atomic E-state index is 11.0. The van der Waals surface area contributed by atoms with Gasteiger partial charge in [-0.3, -0.25) is 4.79 Å². The van der Waals surface area contributed by atoms with Gasteiger partial charge in [0.25, 0.3) is 0 Å². The van der Waals surface area contributed by atoms with Crippen LogP contribution in [0, 0.1) is 0 Å². The van der Waals surface area contributed by atoms with E-state index in [-0.39, 0.29) is 5.91 Å². The number of amides is 1. The SMILES string of the molecule is COC1CCC(NCC2CCC(=O)N2)CC1. The first-order valence-corrected chi connectivity index (χ1v) is 6.33. The van der Waals surface area contributed by atoms with E-state index in [1.807, 2.05) is 0 Å². The second-order valence-corrected chi connectivity index (χ2v) is 4.92. The molecule has 92 valence electrons. The first-order chi connectivity index (χ1) is 7.78. The largest absolute Gasteiger partial charge is 0.381 e. The molecule has 1 aliphatic heterocycles. The van der Waals surface area contributed by atoms with Crippen molar-refractivity contribution in [1.82, 2.24) is 10.6 Å². The molecule has 0 radical (unpaired) electrons. The Kier molecular flexibility index (Phi) is 4.18. The molecule has 16 heavy (non-hydrogen) atoms. The zero-order chi connectivity index (χ0) is 11.4. The number of hydrogen-bond donors (Lipinski definition) is 2. The van der Waals surface area contributed by atoms with Crippen LogP contribution in [0.3, 0.4) is 0 Å². The van der Waals surface area contributed by atoms with Gasteiger partial charge in [0.2, 0.25) is 5.91 Å². The van der Waals surface area contributed by atoms with Gasteiger partial charge in [0.05, 0.1) is 6.10 Å². The second-order valence-electron chi connectivity index (χ2n) is 4.92. The minimum absolute atomic E-state index is 0.204. The molecule has 2 N–H and O–H groups in total. The minimum Gasteiger partial charge on any atom is -0.381 e. The molecule has 1 unspecified atom stereocenters. The zero-order valence-corrected chi connectivity index (χ0v) is 10.00. The summed E-state index contributed by atoms with van der Waals surface area (Å²) in [6.07, 6.45) is 6.85. The van der Waals surface area contributed by atoms with Gasteiger partial charge in [-0.25, -0.2) is 0 Å². The van der Waals surface area contributed by atoms with E-state index >= 15 is 0 Å². The van der Waals surface area contributed by atoms with Crippen LogP contribution in [0.25, 0.3) is 0 Å². The molecule has 0 aromatic heterocycles. The van der Waals surface area contributed by atoms with Crippen molar-refractivity contribution in [2.24, 2.45) is 0 Å². The van der Waals surface area contributed by atoms with Crippen molar-refractivity contribution in [3.8, 4) is 0 Å². The molecule has 4 heteroatoms. The van der Waals surface area contributed by atoms with Crippen LogP contribution in [0.5, 0.6) is 0 Å². The van der Waals surface area contributed by atoms with E-state index in [9.17, 15) is 4.79 Å². The number of rotatable bonds is 4. The van der Waals surface area contributed by atoms with Crippen molar-refractivity contribution in [3.63, 3.8) is 0 Å². The summed E-state index contributed by atoms with van der Waals surface area (Å²) in [6, 6.07) is 0.969. The smallest absolute Gasteiger partial charge is 0.220 e. The molecule has 1 heterocycles. The van der Waals surface area contributed by atoms with Crippen LogP contribution in [0.2, 0.25) is 0 Å². The molecule has 2 rings (SSSR count). The maximum Gasteiger partial charge on any atom is 0.220 e. The van der Waals surface area contributed by atoms with E-state index < -0.39 is 0 Å². The first-order valence-electron chi connectivity index (χ1n) is 6.33. The van der Waals surface area contributed by atoms with Gasteiger partial charge in [-0.2, -0.15) is 0 Å². The van der Waals surface area contributed by atoms with E-state index in [1.165, 1.54) is 12.8 Å². The van der Waals surface area contributed by atoms with Crippen molar-refractivity contribution >= 4 is 5.91 Å². The Hall–Kier alpha value is -0.610. The van der Waals surface area contributed by atoms with E-state index in [0.29, 0.717) is 24.6 Å². The Morgan fingerprint density at radius 3 is 2.62 bits per heavy atom. The fraction of sp³-hybridized carbons (Fsp3) is 0.917. The quantitative estimate of drug-likeness (QED) is 0.746. The lowest BCUT2D eigenvalue weighted by molar-refractivity contribution is -0.119. The molecule has 1 amide bonds. The molecular weight excluding hydrogens is 204 g/mol. The number of ether oxygens (including phenoxy) is 1. The zero-order valence-electron chi connectivity index (χ0n) is 10.00. The predicted octanol–water partition coefficient (Wildman–Crippen LogP) is 0.812. The van der Waals surface area contributed by atoms with Crippen LogP contribution in [-0.2, 0) is 9.53 Å². The normalized spacial score (nSPS) is 35.1. The number of methoxy groups -OCH3 is 1. The summed E-state index contributed by atoms with van der Waals surface area (Å²) < 4.78 is 5.35. The summed E-state index contributed by atoms with van der Waals surface area (Å²) in [7, 11) is 1.80. The van der Waals surface area contributed by atoms with Crippen LogP contribution < -0.4 is 10.6 Å². The van der Waals surface area contributed by atoms with Gasteiger partial charge in [0.15, 0.2) is 0 Å². The van der Waals surface area contributed by atoms with Crippen molar-refractivity contribution in [2.45, 2.75) is 56.7 Å². The van der Waals surface area contributed by atoms with Gasteiger partial charge in [0.1, 0.15) is 0 Å². The van der Waals surface area contributed by atoms with Gasteiger partial charge in [-0.15, -0.1) is 0 Å². The van der Waals surface area contributed by atoms with Crippen LogP contribution >= 0.6 is 0 Å². The van der Waals surface area contributed by atoms with Crippen LogP contribution in [0.15, 0.2) is 0 Å². The molecule has 1 saturated heterocycles. The topological polar surface area (TPSA) is 50.4 Å². The van der Waals surface area contributed by atoms with Gasteiger partial charge >= 0.3 is 0 Å². The average Bonchev–Trinajstić information content (AvgIpc) is 2.73. The summed E-state index contributed by atoms with van der Waals surface area (Å²) >= 11 is 0. The molecule has 2 fully saturated rings. The molecule has 0 aromatic rings. The summed E-state index contributed by atoms with van der Waals surface area (Å²) in [5.74, 6) is 0.204. The molecule has 1 aliphatic carbocycles. The number of carbonyl (C=O) groups is 1. The van der Waals surface area contributed by atoms with Crippen molar-refractivity contribution in [1.29, 1.82) is 0 Å². The molecule has 0 bridgehead atoms. The third-order valence-corrected chi connectivity index (χ3v) is 3.75. The first kappa shape index (κ1) is 11.9. The Morgan fingerprint density at radius 2 is 2.06 bits per heavy atom. The number of hydrogen-bond acceptors (Lipinski definition) is 3. The standard InChI is InChI=1S/C12H22N2O2/c1-16-11-5-2-9(3-6-11)13-8-10-4-7-12(15)14-10/h9-11,13H,2-8H2,1H3,(H,14,15). The number of carbonyl (C=O) groups excluding carboxylic acids is 1. The minimum atomic E-state index is 0.204. The molecule has 4 nitrogen and oxygen atoms in total. The monoisotopic (exact) mass is 226 g/mol. The molecule has 0 spiro atoms. The lowest BCUT2D eigenvalue weighted by atomic mass is 9.93. The summed E-state index contributed by atoms with van der Waals surface area (Å²) in [6.45, 7) is 0.925. The molecule has 1 saturated carbocycles. The molecule has 0 aromatic carbocycles. The van der Waals surface area contributed by atoms with E-state index in [2.05, 4.69) is 10.6 Å². The third kappa shape index (κ3) is 3.19. The average molecular weight is 226 g/mol. The van der Waals surface area contributed by atoms with E-state index in [0.717, 1.165) is 25.8 Å². The Bertz CT molecular complexity index is 237. The third-order valence-electron chi connectivity index (χ3n) is 3.75. The summed E-state index contributed by atoms with van der Waals surface area (Å²) in [4.78, 5) is 11.0. The lowest BCUT2D eigenvalue weighted by Gasteiger charge is -2.29. The van der Waals surface area contributed by atoms with Gasteiger partial charge in [0, 0.05) is 32.2 Å². The van der Waals surface area contributed by atoms with Crippen LogP contribution in [0.1, 0.15) is 38.5 Å². The van der Waals surface area contributed by atoms with Crippen LogP contribution in [-0.4, -0.2) is 37.7 Å². The fourth-order valence-electron chi connectivity index (χ4n) is 2.64. The summed E-state index contributed by atoms with van der Waals surface area (Å²) in [5.41, 5.74) is 0. The predicted molar refractivity (Wildman–Crippen MR) is 62.2 cm³/mol. The van der Waals surface area contributed by atoms with Gasteiger partial charge < -0.3 is 15.4 Å². The van der Waals surface area contributed by atoms with Crippen molar-refractivity contribution in [3.05, 3.63) is 0 Å². The fourth-order valence-corrected chi connectivity index (χ4v) is 2.64. The highest BCUT2D eigenvalue weighted by molar-refractivity contribution is 5.78. The highest BCUT2D eigenvalue weighted by Gasteiger charge is 2.24. The van der Waals surface area contributed by atoms with Crippen molar-refractivity contribution < 1.29 is 9.53 Å². The van der Waals surface area contributed by atoms with Gasteiger partial charge in [-0.05, 0) is 32.1 Å².